The zero-order valence-corrected chi connectivity index (χ0v) is 10.3. The number of ether oxygens (including phenoxy) is 1. The maximum absolute atomic E-state index is 11.8. The SMILES string of the molecule is CN(CCCN)C(=O)CN(C)C1CCOC1. The van der Waals surface area contributed by atoms with Crippen LogP contribution in [0.4, 0.5) is 0 Å². The van der Waals surface area contributed by atoms with Gasteiger partial charge < -0.3 is 15.4 Å². The summed E-state index contributed by atoms with van der Waals surface area (Å²) in [5.74, 6) is 0.155. The molecular formula is C11H23N3O2. The van der Waals surface area contributed by atoms with Crippen molar-refractivity contribution in [2.45, 2.75) is 18.9 Å². The van der Waals surface area contributed by atoms with Crippen LogP contribution in [0.5, 0.6) is 0 Å². The molecule has 1 unspecified atom stereocenters. The molecule has 1 amide bonds. The number of hydrogen-bond donors (Lipinski definition) is 1. The van der Waals surface area contributed by atoms with Crippen molar-refractivity contribution in [1.82, 2.24) is 9.80 Å². The minimum Gasteiger partial charge on any atom is -0.380 e. The molecule has 0 aromatic heterocycles. The molecular weight excluding hydrogens is 206 g/mol. The Morgan fingerprint density at radius 2 is 2.25 bits per heavy atom. The predicted octanol–water partition coefficient (Wildman–Crippen LogP) is -0.486. The van der Waals surface area contributed by atoms with Crippen LogP contribution in [-0.4, -0.2) is 68.7 Å². The van der Waals surface area contributed by atoms with Crippen LogP contribution in [0, 0.1) is 0 Å². The Bertz CT molecular complexity index is 217. The summed E-state index contributed by atoms with van der Waals surface area (Å²) in [6.07, 6.45) is 1.88. The fraction of sp³-hybridized carbons (Fsp3) is 0.909. The average molecular weight is 229 g/mol. The van der Waals surface area contributed by atoms with Crippen molar-refractivity contribution in [2.24, 2.45) is 5.73 Å². The van der Waals surface area contributed by atoms with Gasteiger partial charge in [0.05, 0.1) is 13.2 Å². The Hall–Kier alpha value is -0.650. The van der Waals surface area contributed by atoms with Crippen molar-refractivity contribution in [2.75, 3.05) is 46.9 Å². The van der Waals surface area contributed by atoms with Gasteiger partial charge in [-0.2, -0.15) is 0 Å². The Morgan fingerprint density at radius 1 is 1.50 bits per heavy atom. The molecule has 1 rings (SSSR count). The minimum absolute atomic E-state index is 0.155. The first kappa shape index (κ1) is 13.4. The summed E-state index contributed by atoms with van der Waals surface area (Å²) in [4.78, 5) is 15.6. The van der Waals surface area contributed by atoms with Gasteiger partial charge in [0.15, 0.2) is 0 Å². The molecule has 0 aromatic rings. The van der Waals surface area contributed by atoms with E-state index in [1.807, 2.05) is 14.1 Å². The van der Waals surface area contributed by atoms with Gasteiger partial charge in [-0.25, -0.2) is 0 Å². The van der Waals surface area contributed by atoms with Crippen molar-refractivity contribution in [1.29, 1.82) is 0 Å². The Labute approximate surface area is 97.5 Å². The number of nitrogens with two attached hydrogens (primary N) is 1. The molecule has 5 nitrogen and oxygen atoms in total. The number of likely N-dealkylation sites (N-methyl/N-ethyl adjacent to an activating group) is 2. The first-order chi connectivity index (χ1) is 7.65. The number of carbonyl (C=O) groups excluding carboxylic acids is 1. The van der Waals surface area contributed by atoms with Crippen LogP contribution in [-0.2, 0) is 9.53 Å². The number of rotatable bonds is 6. The highest BCUT2D eigenvalue weighted by Crippen LogP contribution is 2.10. The zero-order chi connectivity index (χ0) is 12.0. The fourth-order valence-corrected chi connectivity index (χ4v) is 1.79. The van der Waals surface area contributed by atoms with Gasteiger partial charge in [-0.3, -0.25) is 9.69 Å². The van der Waals surface area contributed by atoms with Gasteiger partial charge in [-0.15, -0.1) is 0 Å². The molecule has 94 valence electrons. The Balaban J connectivity index is 2.26. The van der Waals surface area contributed by atoms with Crippen LogP contribution in [0.1, 0.15) is 12.8 Å². The van der Waals surface area contributed by atoms with Crippen LogP contribution >= 0.6 is 0 Å². The van der Waals surface area contributed by atoms with E-state index in [1.165, 1.54) is 0 Å². The summed E-state index contributed by atoms with van der Waals surface area (Å²) < 4.78 is 5.30. The van der Waals surface area contributed by atoms with Crippen molar-refractivity contribution in [3.05, 3.63) is 0 Å². The summed E-state index contributed by atoms with van der Waals surface area (Å²) in [6.45, 7) is 3.39. The zero-order valence-electron chi connectivity index (χ0n) is 10.3. The molecule has 1 fully saturated rings. The minimum atomic E-state index is 0.155. The fourth-order valence-electron chi connectivity index (χ4n) is 1.79. The second kappa shape index (κ2) is 6.83. The van der Waals surface area contributed by atoms with Crippen molar-refractivity contribution in [3.8, 4) is 0 Å². The van der Waals surface area contributed by atoms with E-state index in [0.717, 1.165) is 32.6 Å². The maximum Gasteiger partial charge on any atom is 0.236 e. The lowest BCUT2D eigenvalue weighted by Gasteiger charge is -2.25. The van der Waals surface area contributed by atoms with Crippen LogP contribution in [0.15, 0.2) is 0 Å². The molecule has 0 radical (unpaired) electrons. The third kappa shape index (κ3) is 4.08. The van der Waals surface area contributed by atoms with Crippen LogP contribution in [0.25, 0.3) is 0 Å². The Morgan fingerprint density at radius 3 is 2.81 bits per heavy atom. The largest absolute Gasteiger partial charge is 0.380 e. The maximum atomic E-state index is 11.8. The van der Waals surface area contributed by atoms with E-state index in [9.17, 15) is 4.79 Å². The van der Waals surface area contributed by atoms with Gasteiger partial charge >= 0.3 is 0 Å². The third-order valence-corrected chi connectivity index (χ3v) is 3.04. The molecule has 1 aliphatic heterocycles. The quantitative estimate of drug-likeness (QED) is 0.668. The molecule has 16 heavy (non-hydrogen) atoms. The van der Waals surface area contributed by atoms with Gasteiger partial charge in [0.2, 0.25) is 5.91 Å². The molecule has 1 heterocycles. The lowest BCUT2D eigenvalue weighted by Crippen LogP contribution is -2.42. The van der Waals surface area contributed by atoms with Gasteiger partial charge in [0.1, 0.15) is 0 Å². The first-order valence-electron chi connectivity index (χ1n) is 5.87. The lowest BCUT2D eigenvalue weighted by molar-refractivity contribution is -0.131. The molecule has 5 heteroatoms. The number of amides is 1. The van der Waals surface area contributed by atoms with Crippen molar-refractivity contribution in [3.63, 3.8) is 0 Å². The predicted molar refractivity (Wildman–Crippen MR) is 63.2 cm³/mol. The summed E-state index contributed by atoms with van der Waals surface area (Å²) in [6, 6.07) is 0.395. The normalized spacial score (nSPS) is 20.4. The smallest absolute Gasteiger partial charge is 0.236 e. The van der Waals surface area contributed by atoms with Crippen molar-refractivity contribution >= 4 is 5.91 Å². The summed E-state index contributed by atoms with van der Waals surface area (Å²) in [5.41, 5.74) is 5.41. The molecule has 0 bridgehead atoms. The van der Waals surface area contributed by atoms with Crippen molar-refractivity contribution < 1.29 is 9.53 Å². The molecule has 1 aliphatic rings. The molecule has 0 aromatic carbocycles. The first-order valence-corrected chi connectivity index (χ1v) is 5.87. The highest BCUT2D eigenvalue weighted by molar-refractivity contribution is 5.77. The second-order valence-corrected chi connectivity index (χ2v) is 4.39. The molecule has 1 atom stereocenters. The standard InChI is InChI=1S/C11H23N3O2/c1-13(6-3-5-12)11(15)8-14(2)10-4-7-16-9-10/h10H,3-9,12H2,1-2H3. The number of nitrogens with zero attached hydrogens (tertiary/aromatic N) is 2. The van der Waals surface area contributed by atoms with Gasteiger partial charge in [-0.1, -0.05) is 0 Å². The topological polar surface area (TPSA) is 58.8 Å². The van der Waals surface area contributed by atoms with E-state index in [1.54, 1.807) is 4.90 Å². The number of carbonyl (C=O) groups is 1. The highest BCUT2D eigenvalue weighted by atomic mass is 16.5. The second-order valence-electron chi connectivity index (χ2n) is 4.39. The highest BCUT2D eigenvalue weighted by Gasteiger charge is 2.22. The molecule has 0 spiro atoms. The summed E-state index contributed by atoms with van der Waals surface area (Å²) >= 11 is 0. The van der Waals surface area contributed by atoms with Gasteiger partial charge in [0.25, 0.3) is 0 Å². The van der Waals surface area contributed by atoms with Crippen LogP contribution < -0.4 is 5.73 Å². The van der Waals surface area contributed by atoms with E-state index in [4.69, 9.17) is 10.5 Å². The summed E-state index contributed by atoms with van der Waals surface area (Å²) in [7, 11) is 3.81. The molecule has 2 N–H and O–H groups in total. The monoisotopic (exact) mass is 229 g/mol. The molecule has 0 saturated carbocycles. The third-order valence-electron chi connectivity index (χ3n) is 3.04. The van der Waals surface area contributed by atoms with E-state index < -0.39 is 0 Å². The van der Waals surface area contributed by atoms with Gasteiger partial charge in [0, 0.05) is 26.2 Å². The Kier molecular flexibility index (Phi) is 5.73. The molecule has 1 saturated heterocycles. The van der Waals surface area contributed by atoms with Gasteiger partial charge in [-0.05, 0) is 26.4 Å². The summed E-state index contributed by atoms with van der Waals surface area (Å²) in [5, 5.41) is 0. The van der Waals surface area contributed by atoms with Crippen LogP contribution in [0.3, 0.4) is 0 Å². The van der Waals surface area contributed by atoms with E-state index in [2.05, 4.69) is 4.90 Å². The van der Waals surface area contributed by atoms with E-state index in [-0.39, 0.29) is 5.91 Å². The molecule has 0 aliphatic carbocycles. The lowest BCUT2D eigenvalue weighted by atomic mass is 10.2. The average Bonchev–Trinajstić information content (AvgIpc) is 2.79. The number of hydrogen-bond acceptors (Lipinski definition) is 4. The van der Waals surface area contributed by atoms with Crippen LogP contribution in [0.2, 0.25) is 0 Å². The van der Waals surface area contributed by atoms with E-state index in [0.29, 0.717) is 19.1 Å². The van der Waals surface area contributed by atoms with E-state index >= 15 is 0 Å².